The van der Waals surface area contributed by atoms with Gasteiger partial charge in [0.2, 0.25) is 5.78 Å². The lowest BCUT2D eigenvalue weighted by Crippen LogP contribution is -2.46. The topological polar surface area (TPSA) is 88.2 Å². The molecule has 158 valence electrons. The number of thiazole rings is 1. The molecule has 0 spiro atoms. The summed E-state index contributed by atoms with van der Waals surface area (Å²) in [5.41, 5.74) is 8.99. The highest BCUT2D eigenvalue weighted by Gasteiger charge is 2.31. The highest BCUT2D eigenvalue weighted by molar-refractivity contribution is 7.20. The van der Waals surface area contributed by atoms with Crippen LogP contribution >= 0.6 is 11.3 Å². The van der Waals surface area contributed by atoms with E-state index in [1.54, 1.807) is 0 Å². The largest absolute Gasteiger partial charge is 0.378 e. The molecule has 1 aromatic heterocycles. The van der Waals surface area contributed by atoms with E-state index in [-0.39, 0.29) is 11.7 Å². The summed E-state index contributed by atoms with van der Waals surface area (Å²) in [5.74, 6) is -0.0495. The number of hydrogen-bond acceptors (Lipinski definition) is 6. The lowest BCUT2D eigenvalue weighted by molar-refractivity contribution is 0.0695. The second-order valence-electron chi connectivity index (χ2n) is 8.00. The van der Waals surface area contributed by atoms with E-state index < -0.39 is 12.3 Å². The summed E-state index contributed by atoms with van der Waals surface area (Å²) in [6, 6.07) is 15.6. The molecule has 0 saturated carbocycles. The van der Waals surface area contributed by atoms with Crippen molar-refractivity contribution in [1.82, 2.24) is 10.3 Å². The van der Waals surface area contributed by atoms with Gasteiger partial charge in [-0.25, -0.2) is 4.98 Å². The van der Waals surface area contributed by atoms with Crippen LogP contribution in [0.25, 0.3) is 10.2 Å². The third-order valence-electron chi connectivity index (χ3n) is 5.94. The van der Waals surface area contributed by atoms with Crippen LogP contribution in [0.15, 0.2) is 48.5 Å². The zero-order valence-electron chi connectivity index (χ0n) is 17.1. The first-order valence-corrected chi connectivity index (χ1v) is 11.6. The molecule has 0 saturated heterocycles. The van der Waals surface area contributed by atoms with Crippen LogP contribution in [0.1, 0.15) is 59.0 Å². The number of benzene rings is 2. The lowest BCUT2D eigenvalue weighted by Gasteiger charge is -2.32. The Bertz CT molecular complexity index is 970. The number of nitrogens with two attached hydrogens (primary N) is 1. The predicted molar refractivity (Wildman–Crippen MR) is 122 cm³/mol. The van der Waals surface area contributed by atoms with Gasteiger partial charge in [-0.1, -0.05) is 42.8 Å². The van der Waals surface area contributed by atoms with Crippen molar-refractivity contribution in [2.75, 3.05) is 6.54 Å². The van der Waals surface area contributed by atoms with Crippen LogP contribution < -0.4 is 11.1 Å². The Morgan fingerprint density at radius 3 is 2.83 bits per heavy atom. The van der Waals surface area contributed by atoms with Crippen LogP contribution in [0.2, 0.25) is 0 Å². The highest BCUT2D eigenvalue weighted by atomic mass is 32.1. The van der Waals surface area contributed by atoms with Gasteiger partial charge in [0, 0.05) is 5.92 Å². The molecule has 2 aromatic carbocycles. The van der Waals surface area contributed by atoms with Crippen LogP contribution in [0, 0.1) is 0 Å². The second-order valence-corrected chi connectivity index (χ2v) is 9.03. The molecule has 1 aliphatic carbocycles. The lowest BCUT2D eigenvalue weighted by atomic mass is 9.81. The first-order valence-electron chi connectivity index (χ1n) is 10.8. The molecule has 3 atom stereocenters. The van der Waals surface area contributed by atoms with Crippen LogP contribution in [0.5, 0.6) is 0 Å². The van der Waals surface area contributed by atoms with Gasteiger partial charge in [0.05, 0.1) is 16.3 Å². The minimum absolute atomic E-state index is 0.00451. The number of nitrogens with zero attached hydrogens (tertiary/aromatic N) is 1. The summed E-state index contributed by atoms with van der Waals surface area (Å²) in [6.07, 6.45) is 4.56. The van der Waals surface area contributed by atoms with Gasteiger partial charge in [0.15, 0.2) is 5.01 Å². The molecular formula is C24H29N3O2S. The molecule has 4 rings (SSSR count). The van der Waals surface area contributed by atoms with E-state index in [0.717, 1.165) is 42.3 Å². The van der Waals surface area contributed by atoms with Crippen LogP contribution in [0.4, 0.5) is 0 Å². The van der Waals surface area contributed by atoms with Crippen LogP contribution in [-0.2, 0) is 6.42 Å². The van der Waals surface area contributed by atoms with Gasteiger partial charge in [0.25, 0.3) is 0 Å². The number of ketones is 1. The smallest absolute Gasteiger partial charge is 0.208 e. The fourth-order valence-corrected chi connectivity index (χ4v) is 5.31. The zero-order chi connectivity index (χ0) is 20.9. The van der Waals surface area contributed by atoms with E-state index in [0.29, 0.717) is 18.0 Å². The number of carbonyl (C=O) groups excluding carboxylic acids is 1. The maximum absolute atomic E-state index is 13.3. The number of carbonyl (C=O) groups is 1. The molecule has 3 aromatic rings. The average Bonchev–Trinajstić information content (AvgIpc) is 3.22. The van der Waals surface area contributed by atoms with Gasteiger partial charge in [-0.3, -0.25) is 10.1 Å². The van der Waals surface area contributed by atoms with Crippen molar-refractivity contribution in [3.63, 3.8) is 0 Å². The Morgan fingerprint density at radius 2 is 2.00 bits per heavy atom. The van der Waals surface area contributed by atoms with E-state index in [4.69, 9.17) is 5.73 Å². The average molecular weight is 424 g/mol. The molecule has 30 heavy (non-hydrogen) atoms. The van der Waals surface area contributed by atoms with Crippen molar-refractivity contribution in [2.24, 2.45) is 5.73 Å². The zero-order valence-corrected chi connectivity index (χ0v) is 17.9. The first-order chi connectivity index (χ1) is 14.7. The molecule has 0 fully saturated rings. The molecule has 2 unspecified atom stereocenters. The molecule has 6 heteroatoms. The van der Waals surface area contributed by atoms with Crippen molar-refractivity contribution >= 4 is 27.3 Å². The van der Waals surface area contributed by atoms with Gasteiger partial charge in [0.1, 0.15) is 6.23 Å². The van der Waals surface area contributed by atoms with Gasteiger partial charge >= 0.3 is 0 Å². The summed E-state index contributed by atoms with van der Waals surface area (Å²) in [7, 11) is 0. The molecule has 0 bridgehead atoms. The van der Waals surface area contributed by atoms with Gasteiger partial charge in [-0.15, -0.1) is 11.3 Å². The Kier molecular flexibility index (Phi) is 6.89. The Hall–Kier alpha value is -2.12. The van der Waals surface area contributed by atoms with E-state index in [9.17, 15) is 9.90 Å². The highest BCUT2D eigenvalue weighted by Crippen LogP contribution is 2.33. The van der Waals surface area contributed by atoms with Crippen molar-refractivity contribution in [2.45, 2.75) is 56.7 Å². The standard InChI is InChI=1S/C24H29N3O2S/c25-15-6-5-13-20(22(28)24-27-19-12-3-4-14-21(19)30-24)26-23(29)18-11-7-9-16-8-1-2-10-17(16)18/h1-4,8,10,12,14,18,20,23,26,29H,5-7,9,11,13,15,25H2/t18?,20-,23?/m0/s1. The van der Waals surface area contributed by atoms with Crippen LogP contribution in [0.3, 0.4) is 0 Å². The molecular weight excluding hydrogens is 394 g/mol. The number of Topliss-reactive ketones (excluding diaryl/α,β-unsaturated/α-hetero) is 1. The van der Waals surface area contributed by atoms with Crippen molar-refractivity contribution in [3.05, 3.63) is 64.7 Å². The summed E-state index contributed by atoms with van der Waals surface area (Å²) in [4.78, 5) is 17.9. The van der Waals surface area contributed by atoms with Gasteiger partial charge in [-0.05, 0) is 61.9 Å². The monoisotopic (exact) mass is 423 g/mol. The number of hydrogen-bond donors (Lipinski definition) is 3. The summed E-state index contributed by atoms with van der Waals surface area (Å²) in [6.45, 7) is 0.598. The molecule has 1 aliphatic rings. The number of aryl methyl sites for hydroxylation is 1. The van der Waals surface area contributed by atoms with E-state index in [2.05, 4.69) is 22.4 Å². The second kappa shape index (κ2) is 9.79. The van der Waals surface area contributed by atoms with Crippen molar-refractivity contribution in [1.29, 1.82) is 0 Å². The van der Waals surface area contributed by atoms with Crippen molar-refractivity contribution in [3.8, 4) is 0 Å². The van der Waals surface area contributed by atoms with Gasteiger partial charge < -0.3 is 10.8 Å². The quantitative estimate of drug-likeness (QED) is 0.275. The fraction of sp³-hybridized carbons (Fsp3) is 0.417. The van der Waals surface area contributed by atoms with E-state index >= 15 is 0 Å². The Balaban J connectivity index is 1.54. The molecule has 0 aliphatic heterocycles. The SMILES string of the molecule is NCCCC[C@H](NC(O)C1CCCc2ccccc21)C(=O)c1nc2ccccc2s1. The molecule has 5 nitrogen and oxygen atoms in total. The minimum Gasteiger partial charge on any atom is -0.378 e. The number of aromatic nitrogens is 1. The summed E-state index contributed by atoms with van der Waals surface area (Å²) in [5, 5.41) is 14.8. The number of para-hydroxylation sites is 1. The predicted octanol–water partition coefficient (Wildman–Crippen LogP) is 4.00. The third kappa shape index (κ3) is 4.62. The third-order valence-corrected chi connectivity index (χ3v) is 6.99. The van der Waals surface area contributed by atoms with E-state index in [1.165, 1.54) is 22.5 Å². The van der Waals surface area contributed by atoms with E-state index in [1.807, 2.05) is 36.4 Å². The van der Waals surface area contributed by atoms with Gasteiger partial charge in [-0.2, -0.15) is 0 Å². The minimum atomic E-state index is -0.771. The molecule has 4 N–H and O–H groups in total. The Morgan fingerprint density at radius 1 is 1.20 bits per heavy atom. The number of rotatable bonds is 9. The number of aliphatic hydroxyl groups is 1. The summed E-state index contributed by atoms with van der Waals surface area (Å²) < 4.78 is 1.00. The molecule has 0 radical (unpaired) electrons. The first kappa shape index (κ1) is 21.1. The van der Waals surface area contributed by atoms with Crippen LogP contribution in [-0.4, -0.2) is 34.7 Å². The fourth-order valence-electron chi connectivity index (χ4n) is 4.35. The number of unbranched alkanes of at least 4 members (excludes halogenated alkanes) is 1. The number of fused-ring (bicyclic) bond motifs is 2. The maximum atomic E-state index is 13.3. The summed E-state index contributed by atoms with van der Waals surface area (Å²) >= 11 is 1.42. The maximum Gasteiger partial charge on any atom is 0.208 e. The van der Waals surface area contributed by atoms with Crippen molar-refractivity contribution < 1.29 is 9.90 Å². The number of aliphatic hydroxyl groups excluding tert-OH is 1. The normalized spacial score (nSPS) is 18.1. The molecule has 1 heterocycles. The molecule has 0 amide bonds. The Labute approximate surface area is 181 Å². The number of nitrogens with one attached hydrogen (secondary N) is 1.